The summed E-state index contributed by atoms with van der Waals surface area (Å²) in [4.78, 5) is 28.2. The molecule has 1 aromatic carbocycles. The highest BCUT2D eigenvalue weighted by Gasteiger charge is 2.27. The van der Waals surface area contributed by atoms with Gasteiger partial charge in [-0.25, -0.2) is 9.18 Å². The lowest BCUT2D eigenvalue weighted by atomic mass is 9.93. The maximum atomic E-state index is 13.8. The van der Waals surface area contributed by atoms with E-state index in [1.54, 1.807) is 17.0 Å². The van der Waals surface area contributed by atoms with Gasteiger partial charge < -0.3 is 15.1 Å². The Morgan fingerprint density at radius 2 is 1.80 bits per heavy atom. The highest BCUT2D eigenvalue weighted by molar-refractivity contribution is 9.10. The lowest BCUT2D eigenvalue weighted by Gasteiger charge is -2.32. The summed E-state index contributed by atoms with van der Waals surface area (Å²) in [6, 6.07) is 4.27. The molecule has 0 aliphatic carbocycles. The highest BCUT2D eigenvalue weighted by Crippen LogP contribution is 2.24. The van der Waals surface area contributed by atoms with Gasteiger partial charge in [-0.05, 0) is 49.8 Å². The molecule has 0 bridgehead atoms. The molecule has 0 saturated carbocycles. The van der Waals surface area contributed by atoms with Crippen molar-refractivity contribution in [1.29, 1.82) is 0 Å². The topological polar surface area (TPSA) is 52.7 Å². The van der Waals surface area contributed by atoms with Crippen LogP contribution in [-0.4, -0.2) is 47.9 Å². The molecule has 2 saturated heterocycles. The van der Waals surface area contributed by atoms with Crippen molar-refractivity contribution >= 4 is 33.6 Å². The highest BCUT2D eigenvalue weighted by atomic mass is 79.9. The molecule has 0 unspecified atom stereocenters. The van der Waals surface area contributed by atoms with Crippen LogP contribution in [0.25, 0.3) is 0 Å². The number of rotatable bonds is 3. The first-order valence-electron chi connectivity index (χ1n) is 8.81. The second-order valence-corrected chi connectivity index (χ2v) is 7.69. The number of benzene rings is 1. The van der Waals surface area contributed by atoms with E-state index in [-0.39, 0.29) is 17.6 Å². The van der Waals surface area contributed by atoms with Gasteiger partial charge in [0.05, 0.1) is 5.69 Å². The second kappa shape index (κ2) is 8.17. The van der Waals surface area contributed by atoms with Crippen LogP contribution in [0.2, 0.25) is 0 Å². The molecular formula is C18H23BrFN3O2. The molecule has 2 fully saturated rings. The molecule has 136 valence electrons. The van der Waals surface area contributed by atoms with Crippen LogP contribution in [0.1, 0.15) is 32.1 Å². The predicted octanol–water partition coefficient (Wildman–Crippen LogP) is 3.84. The fraction of sp³-hybridized carbons (Fsp3) is 0.556. The van der Waals surface area contributed by atoms with E-state index in [0.717, 1.165) is 38.8 Å². The van der Waals surface area contributed by atoms with E-state index in [0.29, 0.717) is 29.9 Å². The van der Waals surface area contributed by atoms with Gasteiger partial charge in [-0.15, -0.1) is 0 Å². The van der Waals surface area contributed by atoms with Gasteiger partial charge in [0.25, 0.3) is 0 Å². The third-order valence-corrected chi connectivity index (χ3v) is 5.49. The zero-order chi connectivity index (χ0) is 17.8. The molecule has 1 N–H and O–H groups in total. The van der Waals surface area contributed by atoms with Crippen molar-refractivity contribution in [3.63, 3.8) is 0 Å². The van der Waals surface area contributed by atoms with Gasteiger partial charge >= 0.3 is 6.03 Å². The number of carbonyl (C=O) groups excluding carboxylic acids is 2. The van der Waals surface area contributed by atoms with Crippen LogP contribution in [0.15, 0.2) is 22.7 Å². The number of urea groups is 1. The number of likely N-dealkylation sites (tertiary alicyclic amines) is 2. The average molecular weight is 412 g/mol. The first kappa shape index (κ1) is 18.2. The van der Waals surface area contributed by atoms with Crippen LogP contribution in [0.4, 0.5) is 14.9 Å². The Morgan fingerprint density at radius 3 is 2.44 bits per heavy atom. The predicted molar refractivity (Wildman–Crippen MR) is 97.8 cm³/mol. The second-order valence-electron chi connectivity index (χ2n) is 6.78. The minimum Gasteiger partial charge on any atom is -0.343 e. The van der Waals surface area contributed by atoms with Crippen molar-refractivity contribution in [3.05, 3.63) is 28.5 Å². The third kappa shape index (κ3) is 4.71. The van der Waals surface area contributed by atoms with Crippen molar-refractivity contribution in [2.24, 2.45) is 5.92 Å². The summed E-state index contributed by atoms with van der Waals surface area (Å²) in [5, 5.41) is 2.62. The number of nitrogens with one attached hydrogen (secondary N) is 1. The van der Waals surface area contributed by atoms with Crippen molar-refractivity contribution in [1.82, 2.24) is 9.80 Å². The maximum Gasteiger partial charge on any atom is 0.321 e. The molecule has 0 aromatic heterocycles. The summed E-state index contributed by atoms with van der Waals surface area (Å²) in [7, 11) is 0. The molecular weight excluding hydrogens is 389 g/mol. The average Bonchev–Trinajstić information content (AvgIpc) is 3.13. The number of carbonyl (C=O) groups is 2. The summed E-state index contributed by atoms with van der Waals surface area (Å²) >= 11 is 3.20. The number of hydrogen-bond acceptors (Lipinski definition) is 2. The molecule has 3 rings (SSSR count). The minimum absolute atomic E-state index is 0.180. The normalized spacial score (nSPS) is 18.5. The van der Waals surface area contributed by atoms with Gasteiger partial charge in [0.2, 0.25) is 5.91 Å². The summed E-state index contributed by atoms with van der Waals surface area (Å²) in [5.41, 5.74) is 0.180. The standard InChI is InChI=1S/C18H23BrFN3O2/c19-14-3-4-16(15(20)12-14)21-18(25)23-9-5-13(6-10-23)11-17(24)22-7-1-2-8-22/h3-4,12-13H,1-2,5-11H2,(H,21,25). The van der Waals surface area contributed by atoms with Crippen LogP contribution >= 0.6 is 15.9 Å². The van der Waals surface area contributed by atoms with Gasteiger partial charge in [0.15, 0.2) is 0 Å². The van der Waals surface area contributed by atoms with E-state index < -0.39 is 5.82 Å². The molecule has 5 nitrogen and oxygen atoms in total. The quantitative estimate of drug-likeness (QED) is 0.820. The number of hydrogen-bond donors (Lipinski definition) is 1. The lowest BCUT2D eigenvalue weighted by molar-refractivity contribution is -0.131. The Bertz CT molecular complexity index is 641. The maximum absolute atomic E-state index is 13.8. The Morgan fingerprint density at radius 1 is 1.12 bits per heavy atom. The van der Waals surface area contributed by atoms with Crippen molar-refractivity contribution in [2.45, 2.75) is 32.1 Å². The molecule has 0 radical (unpaired) electrons. The van der Waals surface area contributed by atoms with Crippen LogP contribution in [-0.2, 0) is 4.79 Å². The summed E-state index contributed by atoms with van der Waals surface area (Å²) in [6.07, 6.45) is 4.43. The van der Waals surface area contributed by atoms with Crippen molar-refractivity contribution in [3.8, 4) is 0 Å². The smallest absolute Gasteiger partial charge is 0.321 e. The number of piperidine rings is 1. The van der Waals surface area contributed by atoms with Gasteiger partial charge in [-0.1, -0.05) is 15.9 Å². The Hall–Kier alpha value is -1.63. The van der Waals surface area contributed by atoms with E-state index in [4.69, 9.17) is 0 Å². The fourth-order valence-electron chi connectivity index (χ4n) is 3.47. The van der Waals surface area contributed by atoms with Crippen LogP contribution < -0.4 is 5.32 Å². The van der Waals surface area contributed by atoms with Gasteiger partial charge in [-0.2, -0.15) is 0 Å². The van der Waals surface area contributed by atoms with E-state index in [1.165, 1.54) is 6.07 Å². The first-order chi connectivity index (χ1) is 12.0. The van der Waals surface area contributed by atoms with E-state index >= 15 is 0 Å². The molecule has 0 atom stereocenters. The van der Waals surface area contributed by atoms with E-state index in [1.807, 2.05) is 4.90 Å². The molecule has 7 heteroatoms. The van der Waals surface area contributed by atoms with Gasteiger partial charge in [0, 0.05) is 37.1 Å². The minimum atomic E-state index is -0.464. The zero-order valence-corrected chi connectivity index (χ0v) is 15.7. The van der Waals surface area contributed by atoms with E-state index in [2.05, 4.69) is 21.2 Å². The Labute approximate surface area is 155 Å². The third-order valence-electron chi connectivity index (χ3n) is 5.00. The monoisotopic (exact) mass is 411 g/mol. The van der Waals surface area contributed by atoms with Crippen molar-refractivity contribution < 1.29 is 14.0 Å². The number of halogens is 2. The summed E-state index contributed by atoms with van der Waals surface area (Å²) in [6.45, 7) is 2.97. The zero-order valence-electron chi connectivity index (χ0n) is 14.1. The number of nitrogens with zero attached hydrogens (tertiary/aromatic N) is 2. The van der Waals surface area contributed by atoms with Crippen LogP contribution in [0.3, 0.4) is 0 Å². The molecule has 3 amide bonds. The Kier molecular flexibility index (Phi) is 5.93. The molecule has 0 spiro atoms. The number of amides is 3. The summed E-state index contributed by atoms with van der Waals surface area (Å²) < 4.78 is 14.5. The first-order valence-corrected chi connectivity index (χ1v) is 9.61. The molecule has 25 heavy (non-hydrogen) atoms. The number of anilines is 1. The molecule has 2 heterocycles. The van der Waals surface area contributed by atoms with Gasteiger partial charge in [0.1, 0.15) is 5.82 Å². The Balaban J connectivity index is 1.46. The van der Waals surface area contributed by atoms with Crippen LogP contribution in [0, 0.1) is 11.7 Å². The largest absolute Gasteiger partial charge is 0.343 e. The van der Waals surface area contributed by atoms with Gasteiger partial charge in [-0.3, -0.25) is 4.79 Å². The summed E-state index contributed by atoms with van der Waals surface area (Å²) in [5.74, 6) is 0.118. The molecule has 2 aliphatic heterocycles. The van der Waals surface area contributed by atoms with Crippen LogP contribution in [0.5, 0.6) is 0 Å². The van der Waals surface area contributed by atoms with Crippen molar-refractivity contribution in [2.75, 3.05) is 31.5 Å². The fourth-order valence-corrected chi connectivity index (χ4v) is 3.80. The SMILES string of the molecule is O=C(CC1CCN(C(=O)Nc2ccc(Br)cc2F)CC1)N1CCCC1. The molecule has 1 aromatic rings. The molecule has 2 aliphatic rings. The van der Waals surface area contributed by atoms with E-state index in [9.17, 15) is 14.0 Å². The lowest BCUT2D eigenvalue weighted by Crippen LogP contribution is -2.42.